The number of rotatable bonds is 3. The average molecular weight is 424 g/mol. The number of hydrogen-bond donors (Lipinski definition) is 1. The van der Waals surface area contributed by atoms with Crippen LogP contribution in [0.1, 0.15) is 49.3 Å². The third-order valence-electron chi connectivity index (χ3n) is 6.40. The highest BCUT2D eigenvalue weighted by Gasteiger charge is 2.57. The molecule has 6 heteroatoms. The summed E-state index contributed by atoms with van der Waals surface area (Å²) < 4.78 is 11.3. The van der Waals surface area contributed by atoms with Crippen LogP contribution in [-0.4, -0.2) is 41.8 Å². The number of benzene rings is 2. The first-order chi connectivity index (χ1) is 14.7. The summed E-state index contributed by atoms with van der Waals surface area (Å²) in [7, 11) is 1.42. The van der Waals surface area contributed by atoms with Gasteiger partial charge in [-0.2, -0.15) is 0 Å². The molecule has 2 aromatic carbocycles. The van der Waals surface area contributed by atoms with E-state index in [2.05, 4.69) is 0 Å². The Morgan fingerprint density at radius 2 is 1.74 bits per heavy atom. The topological polar surface area (TPSA) is 76.1 Å². The van der Waals surface area contributed by atoms with E-state index in [4.69, 9.17) is 9.47 Å². The van der Waals surface area contributed by atoms with E-state index in [1.807, 2.05) is 69.3 Å². The lowest BCUT2D eigenvalue weighted by Crippen LogP contribution is -2.43. The van der Waals surface area contributed by atoms with Crippen molar-refractivity contribution in [3.8, 4) is 5.75 Å². The first-order valence-electron chi connectivity index (χ1n) is 10.6. The van der Waals surface area contributed by atoms with Crippen molar-refractivity contribution in [1.82, 2.24) is 4.90 Å². The molecule has 1 unspecified atom stereocenters. The van der Waals surface area contributed by atoms with Crippen molar-refractivity contribution < 1.29 is 24.2 Å². The molecule has 1 aliphatic carbocycles. The van der Waals surface area contributed by atoms with Crippen LogP contribution < -0.4 is 4.74 Å². The van der Waals surface area contributed by atoms with Crippen LogP contribution in [0.3, 0.4) is 0 Å². The predicted octanol–water partition coefficient (Wildman–Crippen LogP) is 4.64. The highest BCUT2D eigenvalue weighted by Crippen LogP contribution is 2.61. The number of hydrogen-bond acceptors (Lipinski definition) is 4. The fourth-order valence-corrected chi connectivity index (χ4v) is 4.55. The van der Waals surface area contributed by atoms with E-state index in [9.17, 15) is 14.7 Å². The zero-order valence-electron chi connectivity index (χ0n) is 18.4. The molecular formula is C25H29NO5. The van der Waals surface area contributed by atoms with Gasteiger partial charge in [-0.15, -0.1) is 0 Å². The molecule has 1 heterocycles. The molecule has 2 aromatic rings. The molecule has 1 saturated carbocycles. The van der Waals surface area contributed by atoms with E-state index in [1.165, 1.54) is 12.0 Å². The van der Waals surface area contributed by atoms with Crippen molar-refractivity contribution in [1.29, 1.82) is 0 Å². The van der Waals surface area contributed by atoms with E-state index < -0.39 is 6.09 Å². The van der Waals surface area contributed by atoms with Gasteiger partial charge in [0.25, 0.3) is 0 Å². The standard InChI is InChI=1S/C25H29NO5/c1-25(2,3)19-14-26(24(28)29)13-17-12-16(10-11-18(17)31-19)21-20(22(21)23(27)30-4)15-8-6-5-7-9-15/h5-12,19-22H,13-14H2,1-4H3,(H,28,29)/t19?,20-,21-,22-/m1/s1. The SMILES string of the molecule is COC(=O)[C@@H]1[C@H](c2ccccc2)[C@H]1c1ccc2c(c1)CN(C(=O)O)CC(C(C)(C)C)O2. The summed E-state index contributed by atoms with van der Waals surface area (Å²) in [6.07, 6.45) is -1.21. The number of esters is 1. The second kappa shape index (κ2) is 7.91. The van der Waals surface area contributed by atoms with Gasteiger partial charge in [0, 0.05) is 22.8 Å². The van der Waals surface area contributed by atoms with Crippen LogP contribution in [-0.2, 0) is 16.1 Å². The van der Waals surface area contributed by atoms with Crippen LogP contribution in [0.5, 0.6) is 5.75 Å². The number of methoxy groups -OCH3 is 1. The Kier molecular flexibility index (Phi) is 5.42. The maximum absolute atomic E-state index is 12.4. The summed E-state index contributed by atoms with van der Waals surface area (Å²) in [5.41, 5.74) is 2.73. The molecule has 1 amide bonds. The van der Waals surface area contributed by atoms with E-state index in [-0.39, 0.29) is 41.8 Å². The second-order valence-corrected chi connectivity index (χ2v) is 9.51. The molecule has 0 bridgehead atoms. The Labute approximate surface area is 182 Å². The average Bonchev–Trinajstić information content (AvgIpc) is 3.50. The highest BCUT2D eigenvalue weighted by molar-refractivity contribution is 5.80. The molecule has 31 heavy (non-hydrogen) atoms. The molecule has 1 aliphatic heterocycles. The quantitative estimate of drug-likeness (QED) is 0.728. The number of carbonyl (C=O) groups excluding carboxylic acids is 1. The van der Waals surface area contributed by atoms with Gasteiger partial charge >= 0.3 is 12.1 Å². The lowest BCUT2D eigenvalue weighted by atomic mass is 9.88. The molecule has 2 aliphatic rings. The first-order valence-corrected chi connectivity index (χ1v) is 10.6. The van der Waals surface area contributed by atoms with Crippen molar-refractivity contribution >= 4 is 12.1 Å². The fraction of sp³-hybridized carbons (Fsp3) is 0.440. The maximum atomic E-state index is 12.4. The fourth-order valence-electron chi connectivity index (χ4n) is 4.55. The van der Waals surface area contributed by atoms with Crippen LogP contribution in [0.25, 0.3) is 0 Å². The molecule has 4 atom stereocenters. The zero-order chi connectivity index (χ0) is 22.3. The number of fused-ring (bicyclic) bond motifs is 1. The van der Waals surface area contributed by atoms with E-state index in [0.717, 1.165) is 16.7 Å². The Balaban J connectivity index is 1.69. The van der Waals surface area contributed by atoms with Crippen LogP contribution in [0.4, 0.5) is 4.79 Å². The summed E-state index contributed by atoms with van der Waals surface area (Å²) in [6, 6.07) is 15.9. The van der Waals surface area contributed by atoms with Gasteiger partial charge in [0.2, 0.25) is 0 Å². The minimum absolute atomic E-state index is 0.0000872. The second-order valence-electron chi connectivity index (χ2n) is 9.51. The Bertz CT molecular complexity index is 981. The van der Waals surface area contributed by atoms with Gasteiger partial charge in [-0.05, 0) is 23.3 Å². The van der Waals surface area contributed by atoms with Gasteiger partial charge in [0.05, 0.1) is 26.1 Å². The largest absolute Gasteiger partial charge is 0.488 e. The summed E-state index contributed by atoms with van der Waals surface area (Å²) in [4.78, 5) is 25.7. The number of carboxylic acid groups (broad SMARTS) is 1. The molecule has 4 rings (SSSR count). The van der Waals surface area contributed by atoms with E-state index >= 15 is 0 Å². The molecule has 1 fully saturated rings. The maximum Gasteiger partial charge on any atom is 0.407 e. The van der Waals surface area contributed by atoms with Gasteiger partial charge in [-0.25, -0.2) is 4.79 Å². The van der Waals surface area contributed by atoms with E-state index in [1.54, 1.807) is 0 Å². The van der Waals surface area contributed by atoms with Gasteiger partial charge in [-0.3, -0.25) is 4.79 Å². The summed E-state index contributed by atoms with van der Waals surface area (Å²) in [5, 5.41) is 9.71. The number of nitrogens with zero attached hydrogens (tertiary/aromatic N) is 1. The van der Waals surface area contributed by atoms with Crippen LogP contribution in [0.15, 0.2) is 48.5 Å². The predicted molar refractivity (Wildman–Crippen MR) is 116 cm³/mol. The number of amides is 1. The Morgan fingerprint density at radius 1 is 1.06 bits per heavy atom. The minimum atomic E-state index is -0.961. The summed E-state index contributed by atoms with van der Waals surface area (Å²) in [5.74, 6) is 0.301. The molecule has 164 valence electrons. The summed E-state index contributed by atoms with van der Waals surface area (Å²) in [6.45, 7) is 6.71. The Morgan fingerprint density at radius 3 is 2.35 bits per heavy atom. The molecular weight excluding hydrogens is 394 g/mol. The number of carbonyl (C=O) groups is 2. The van der Waals surface area contributed by atoms with Crippen LogP contribution in [0, 0.1) is 11.3 Å². The monoisotopic (exact) mass is 423 g/mol. The van der Waals surface area contributed by atoms with Crippen molar-refractivity contribution in [2.45, 2.75) is 45.3 Å². The third kappa shape index (κ3) is 4.11. The Hall–Kier alpha value is -3.02. The smallest absolute Gasteiger partial charge is 0.407 e. The van der Waals surface area contributed by atoms with Crippen LogP contribution >= 0.6 is 0 Å². The highest BCUT2D eigenvalue weighted by atomic mass is 16.5. The summed E-state index contributed by atoms with van der Waals surface area (Å²) >= 11 is 0. The lowest BCUT2D eigenvalue weighted by molar-refractivity contribution is -0.142. The molecule has 6 nitrogen and oxygen atoms in total. The van der Waals surface area contributed by atoms with Crippen LogP contribution in [0.2, 0.25) is 0 Å². The normalized spacial score (nSPS) is 25.1. The van der Waals surface area contributed by atoms with Gasteiger partial charge in [0.1, 0.15) is 11.9 Å². The van der Waals surface area contributed by atoms with Crippen molar-refractivity contribution in [3.63, 3.8) is 0 Å². The van der Waals surface area contributed by atoms with Crippen molar-refractivity contribution in [2.24, 2.45) is 11.3 Å². The molecule has 0 radical (unpaired) electrons. The molecule has 0 spiro atoms. The first kappa shape index (κ1) is 21.2. The third-order valence-corrected chi connectivity index (χ3v) is 6.40. The van der Waals surface area contributed by atoms with Gasteiger partial charge in [-0.1, -0.05) is 57.2 Å². The molecule has 0 saturated heterocycles. The van der Waals surface area contributed by atoms with E-state index in [0.29, 0.717) is 12.3 Å². The van der Waals surface area contributed by atoms with Gasteiger partial charge < -0.3 is 19.5 Å². The minimum Gasteiger partial charge on any atom is -0.488 e. The zero-order valence-corrected chi connectivity index (χ0v) is 18.4. The van der Waals surface area contributed by atoms with Crippen molar-refractivity contribution in [2.75, 3.05) is 13.7 Å². The van der Waals surface area contributed by atoms with Crippen molar-refractivity contribution in [3.05, 3.63) is 65.2 Å². The lowest BCUT2D eigenvalue weighted by Gasteiger charge is -2.32. The molecule has 1 N–H and O–H groups in total. The van der Waals surface area contributed by atoms with Gasteiger partial charge in [0.15, 0.2) is 0 Å². The molecule has 0 aromatic heterocycles. The number of ether oxygens (including phenoxy) is 2.